The molecule has 1 heterocycles. The van der Waals surface area contributed by atoms with Crippen molar-refractivity contribution in [3.05, 3.63) is 0 Å². The highest BCUT2D eigenvalue weighted by molar-refractivity contribution is 7.91. The summed E-state index contributed by atoms with van der Waals surface area (Å²) in [5.74, 6) is -0.418. The van der Waals surface area contributed by atoms with Crippen LogP contribution in [0.15, 0.2) is 0 Å². The summed E-state index contributed by atoms with van der Waals surface area (Å²) in [5, 5.41) is 2.94. The molecule has 3 N–H and O–H groups in total. The number of amides is 1. The molecule has 1 saturated heterocycles. The molecular formula is C11H22N2O3S. The van der Waals surface area contributed by atoms with E-state index < -0.39 is 9.84 Å². The summed E-state index contributed by atoms with van der Waals surface area (Å²) in [4.78, 5) is 12.0. The first-order valence-corrected chi connectivity index (χ1v) is 7.86. The summed E-state index contributed by atoms with van der Waals surface area (Å²) in [6.45, 7) is 4.44. The van der Waals surface area contributed by atoms with Crippen LogP contribution in [0.4, 0.5) is 0 Å². The first kappa shape index (κ1) is 14.4. The Morgan fingerprint density at radius 3 is 2.59 bits per heavy atom. The van der Waals surface area contributed by atoms with Crippen molar-refractivity contribution in [2.75, 3.05) is 18.1 Å². The maximum Gasteiger partial charge on any atom is 0.224 e. The van der Waals surface area contributed by atoms with Crippen molar-refractivity contribution in [2.45, 2.75) is 38.6 Å². The highest BCUT2D eigenvalue weighted by Crippen LogP contribution is 2.21. The predicted octanol–water partition coefficient (Wildman–Crippen LogP) is 0.0548. The number of carbonyl (C=O) groups is 1. The topological polar surface area (TPSA) is 89.3 Å². The number of carbonyl (C=O) groups excluding carboxylic acids is 1. The molecule has 0 spiro atoms. The van der Waals surface area contributed by atoms with Crippen LogP contribution in [0.25, 0.3) is 0 Å². The maximum absolute atomic E-state index is 12.0. The van der Waals surface area contributed by atoms with E-state index in [0.717, 1.165) is 6.42 Å². The second-order valence-corrected chi connectivity index (χ2v) is 7.27. The van der Waals surface area contributed by atoms with Gasteiger partial charge < -0.3 is 11.1 Å². The number of sulfone groups is 1. The highest BCUT2D eigenvalue weighted by Gasteiger charge is 2.35. The van der Waals surface area contributed by atoms with E-state index in [1.54, 1.807) is 0 Å². The molecule has 1 aliphatic heterocycles. The fourth-order valence-corrected chi connectivity index (χ4v) is 3.79. The predicted molar refractivity (Wildman–Crippen MR) is 67.3 cm³/mol. The second kappa shape index (κ2) is 5.35. The molecule has 5 nitrogen and oxygen atoms in total. The second-order valence-electron chi connectivity index (χ2n) is 5.04. The van der Waals surface area contributed by atoms with Crippen LogP contribution in [0.3, 0.4) is 0 Å². The van der Waals surface area contributed by atoms with Crippen LogP contribution in [0, 0.1) is 5.92 Å². The van der Waals surface area contributed by atoms with Gasteiger partial charge in [0.25, 0.3) is 0 Å². The molecule has 1 amide bonds. The molecule has 17 heavy (non-hydrogen) atoms. The molecule has 1 rings (SSSR count). The highest BCUT2D eigenvalue weighted by atomic mass is 32.2. The Labute approximate surface area is 103 Å². The van der Waals surface area contributed by atoms with Gasteiger partial charge in [0.2, 0.25) is 5.91 Å². The van der Waals surface area contributed by atoms with Crippen molar-refractivity contribution in [1.29, 1.82) is 0 Å². The molecule has 0 aliphatic carbocycles. The molecule has 0 aromatic rings. The van der Waals surface area contributed by atoms with E-state index in [9.17, 15) is 13.2 Å². The molecule has 0 bridgehead atoms. The number of hydrogen-bond donors (Lipinski definition) is 2. The van der Waals surface area contributed by atoms with Crippen molar-refractivity contribution in [2.24, 2.45) is 11.7 Å². The molecule has 0 aromatic heterocycles. The van der Waals surface area contributed by atoms with Gasteiger partial charge in [-0.2, -0.15) is 0 Å². The monoisotopic (exact) mass is 262 g/mol. The number of nitrogens with two attached hydrogens (primary N) is 1. The lowest BCUT2D eigenvalue weighted by Crippen LogP contribution is -2.49. The Balaban J connectivity index is 2.60. The molecule has 1 fully saturated rings. The molecule has 1 aliphatic rings. The van der Waals surface area contributed by atoms with Gasteiger partial charge in [-0.3, -0.25) is 4.79 Å². The minimum Gasteiger partial charge on any atom is -0.351 e. The third kappa shape index (κ3) is 3.96. The van der Waals surface area contributed by atoms with Gasteiger partial charge in [-0.1, -0.05) is 6.92 Å². The van der Waals surface area contributed by atoms with E-state index >= 15 is 0 Å². The number of nitrogens with one attached hydrogen (secondary N) is 1. The SMILES string of the molecule is CCC(C)(CCN)NC(=O)C1CCS(=O)(=O)C1. The quantitative estimate of drug-likeness (QED) is 0.733. The molecule has 100 valence electrons. The molecule has 0 radical (unpaired) electrons. The summed E-state index contributed by atoms with van der Waals surface area (Å²) in [7, 11) is -3.00. The van der Waals surface area contributed by atoms with E-state index in [1.165, 1.54) is 0 Å². The Bertz CT molecular complexity index is 380. The standard InChI is InChI=1S/C11H22N2O3S/c1-3-11(2,5-6-12)13-10(14)9-4-7-17(15,16)8-9/h9H,3-8,12H2,1-2H3,(H,13,14). The van der Waals surface area contributed by atoms with E-state index in [2.05, 4.69) is 5.32 Å². The molecule has 2 unspecified atom stereocenters. The van der Waals surface area contributed by atoms with Crippen LogP contribution in [-0.4, -0.2) is 37.9 Å². The molecule has 0 saturated carbocycles. The molecular weight excluding hydrogens is 240 g/mol. The molecule has 6 heteroatoms. The van der Waals surface area contributed by atoms with E-state index in [1.807, 2.05) is 13.8 Å². The first-order valence-electron chi connectivity index (χ1n) is 6.04. The zero-order valence-electron chi connectivity index (χ0n) is 10.5. The van der Waals surface area contributed by atoms with Gasteiger partial charge in [-0.15, -0.1) is 0 Å². The number of rotatable bonds is 5. The van der Waals surface area contributed by atoms with Gasteiger partial charge in [-0.25, -0.2) is 8.42 Å². The minimum atomic E-state index is -3.00. The van der Waals surface area contributed by atoms with Crippen molar-refractivity contribution in [3.63, 3.8) is 0 Å². The van der Waals surface area contributed by atoms with Gasteiger partial charge in [0.1, 0.15) is 0 Å². The number of hydrogen-bond acceptors (Lipinski definition) is 4. The van der Waals surface area contributed by atoms with Crippen LogP contribution in [0.2, 0.25) is 0 Å². The summed E-state index contributed by atoms with van der Waals surface area (Å²) in [6.07, 6.45) is 1.93. The fraction of sp³-hybridized carbons (Fsp3) is 0.909. The average molecular weight is 262 g/mol. The van der Waals surface area contributed by atoms with Crippen molar-refractivity contribution < 1.29 is 13.2 Å². The first-order chi connectivity index (χ1) is 7.82. The summed E-state index contributed by atoms with van der Waals surface area (Å²) in [5.41, 5.74) is 5.19. The Morgan fingerprint density at radius 2 is 2.18 bits per heavy atom. The van der Waals surface area contributed by atoms with Crippen LogP contribution < -0.4 is 11.1 Å². The van der Waals surface area contributed by atoms with Crippen molar-refractivity contribution >= 4 is 15.7 Å². The smallest absolute Gasteiger partial charge is 0.224 e. The van der Waals surface area contributed by atoms with Gasteiger partial charge in [-0.05, 0) is 32.7 Å². The molecule has 0 aromatic carbocycles. The summed E-state index contributed by atoms with van der Waals surface area (Å²) < 4.78 is 22.6. The normalized spacial score (nSPS) is 26.4. The van der Waals surface area contributed by atoms with Crippen LogP contribution >= 0.6 is 0 Å². The van der Waals surface area contributed by atoms with E-state index in [4.69, 9.17) is 5.73 Å². The van der Waals surface area contributed by atoms with Gasteiger partial charge in [0.05, 0.1) is 17.4 Å². The Morgan fingerprint density at radius 1 is 1.53 bits per heavy atom. The third-order valence-corrected chi connectivity index (χ3v) is 5.27. The Hall–Kier alpha value is -0.620. The summed E-state index contributed by atoms with van der Waals surface area (Å²) in [6, 6.07) is 0. The van der Waals surface area contributed by atoms with Crippen LogP contribution in [0.1, 0.15) is 33.1 Å². The largest absolute Gasteiger partial charge is 0.351 e. The van der Waals surface area contributed by atoms with Gasteiger partial charge >= 0.3 is 0 Å². The fourth-order valence-electron chi connectivity index (χ4n) is 2.05. The van der Waals surface area contributed by atoms with Gasteiger partial charge in [0, 0.05) is 5.54 Å². The maximum atomic E-state index is 12.0. The Kier molecular flexibility index (Phi) is 4.55. The minimum absolute atomic E-state index is 0.0126. The van der Waals surface area contributed by atoms with Crippen LogP contribution in [0.5, 0.6) is 0 Å². The lowest BCUT2D eigenvalue weighted by molar-refractivity contribution is -0.126. The average Bonchev–Trinajstić information content (AvgIpc) is 2.59. The summed E-state index contributed by atoms with van der Waals surface area (Å²) >= 11 is 0. The van der Waals surface area contributed by atoms with Crippen molar-refractivity contribution in [1.82, 2.24) is 5.32 Å². The zero-order chi connectivity index (χ0) is 13.1. The van der Waals surface area contributed by atoms with Crippen molar-refractivity contribution in [3.8, 4) is 0 Å². The lowest BCUT2D eigenvalue weighted by Gasteiger charge is -2.30. The van der Waals surface area contributed by atoms with E-state index in [-0.39, 0.29) is 28.9 Å². The molecule has 2 atom stereocenters. The third-order valence-electron chi connectivity index (χ3n) is 3.50. The van der Waals surface area contributed by atoms with Gasteiger partial charge in [0.15, 0.2) is 9.84 Å². The van der Waals surface area contributed by atoms with Crippen LogP contribution in [-0.2, 0) is 14.6 Å². The lowest BCUT2D eigenvalue weighted by atomic mass is 9.93. The van der Waals surface area contributed by atoms with E-state index in [0.29, 0.717) is 19.4 Å². The zero-order valence-corrected chi connectivity index (χ0v) is 11.3.